The maximum absolute atomic E-state index is 12.5. The molecular formula is C31H37F3N2O4. The van der Waals surface area contributed by atoms with Gasteiger partial charge in [-0.2, -0.15) is 0 Å². The summed E-state index contributed by atoms with van der Waals surface area (Å²) in [5.74, 6) is 1.32. The molecule has 0 saturated carbocycles. The predicted octanol–water partition coefficient (Wildman–Crippen LogP) is 7.01. The first-order chi connectivity index (χ1) is 19.0. The SMILES string of the molecule is CC(C)Cc1ccc(N(CCc2ccc(OCCOC(=O)C(C)C)cc2)Cc2ccc(OC(F)(F)F)cc2)nc1. The van der Waals surface area contributed by atoms with Crippen molar-refractivity contribution in [1.29, 1.82) is 0 Å². The quantitative estimate of drug-likeness (QED) is 0.157. The van der Waals surface area contributed by atoms with E-state index < -0.39 is 6.36 Å². The second-order valence-electron chi connectivity index (χ2n) is 10.3. The molecular weight excluding hydrogens is 521 g/mol. The van der Waals surface area contributed by atoms with E-state index >= 15 is 0 Å². The summed E-state index contributed by atoms with van der Waals surface area (Å²) < 4.78 is 52.4. The first-order valence-corrected chi connectivity index (χ1v) is 13.4. The number of pyridine rings is 1. The predicted molar refractivity (Wildman–Crippen MR) is 148 cm³/mol. The number of halogens is 3. The van der Waals surface area contributed by atoms with Crippen LogP contribution in [0, 0.1) is 11.8 Å². The van der Waals surface area contributed by atoms with Gasteiger partial charge in [-0.1, -0.05) is 58.0 Å². The average molecular weight is 559 g/mol. The van der Waals surface area contributed by atoms with Crippen LogP contribution in [-0.2, 0) is 28.9 Å². The highest BCUT2D eigenvalue weighted by atomic mass is 19.4. The second-order valence-corrected chi connectivity index (χ2v) is 10.3. The van der Waals surface area contributed by atoms with E-state index in [9.17, 15) is 18.0 Å². The van der Waals surface area contributed by atoms with Gasteiger partial charge < -0.3 is 19.1 Å². The zero-order valence-electron chi connectivity index (χ0n) is 23.4. The van der Waals surface area contributed by atoms with Crippen LogP contribution in [0.4, 0.5) is 19.0 Å². The Hall–Kier alpha value is -3.75. The van der Waals surface area contributed by atoms with Crippen molar-refractivity contribution in [3.63, 3.8) is 0 Å². The molecule has 1 aromatic heterocycles. The first-order valence-electron chi connectivity index (χ1n) is 13.4. The van der Waals surface area contributed by atoms with Crippen LogP contribution in [0.1, 0.15) is 44.4 Å². The summed E-state index contributed by atoms with van der Waals surface area (Å²) in [4.78, 5) is 18.3. The molecule has 0 radical (unpaired) electrons. The number of benzene rings is 2. The smallest absolute Gasteiger partial charge is 0.490 e. The average Bonchev–Trinajstić information content (AvgIpc) is 2.90. The number of aromatic nitrogens is 1. The van der Waals surface area contributed by atoms with E-state index in [-0.39, 0.29) is 30.9 Å². The summed E-state index contributed by atoms with van der Waals surface area (Å²) in [6.45, 7) is 9.46. The number of hydrogen-bond acceptors (Lipinski definition) is 6. The third-order valence-electron chi connectivity index (χ3n) is 5.97. The lowest BCUT2D eigenvalue weighted by molar-refractivity contribution is -0.274. The molecule has 0 saturated heterocycles. The van der Waals surface area contributed by atoms with Gasteiger partial charge in [-0.3, -0.25) is 4.79 Å². The Morgan fingerprint density at radius 1 is 0.850 bits per heavy atom. The summed E-state index contributed by atoms with van der Waals surface area (Å²) in [6.07, 6.45) is -1.19. The zero-order valence-corrected chi connectivity index (χ0v) is 23.4. The number of anilines is 1. The Labute approximate surface area is 234 Å². The van der Waals surface area contributed by atoms with E-state index in [2.05, 4.69) is 34.5 Å². The number of hydrogen-bond donors (Lipinski definition) is 0. The highest BCUT2D eigenvalue weighted by Crippen LogP contribution is 2.24. The Kier molecular flexibility index (Phi) is 11.2. The summed E-state index contributed by atoms with van der Waals surface area (Å²) in [5.41, 5.74) is 3.08. The van der Waals surface area contributed by atoms with Gasteiger partial charge in [-0.25, -0.2) is 4.98 Å². The fraction of sp³-hybridized carbons (Fsp3) is 0.419. The van der Waals surface area contributed by atoms with Gasteiger partial charge in [0, 0.05) is 19.3 Å². The Morgan fingerprint density at radius 2 is 1.48 bits per heavy atom. The molecule has 0 aliphatic carbocycles. The summed E-state index contributed by atoms with van der Waals surface area (Å²) >= 11 is 0. The van der Waals surface area contributed by atoms with E-state index in [4.69, 9.17) is 9.47 Å². The van der Waals surface area contributed by atoms with Gasteiger partial charge in [0.15, 0.2) is 0 Å². The van der Waals surface area contributed by atoms with Crippen molar-refractivity contribution >= 4 is 11.8 Å². The van der Waals surface area contributed by atoms with Crippen LogP contribution in [0.3, 0.4) is 0 Å². The Balaban J connectivity index is 1.63. The molecule has 0 aliphatic rings. The lowest BCUT2D eigenvalue weighted by Crippen LogP contribution is -2.26. The van der Waals surface area contributed by atoms with Crippen molar-refractivity contribution in [1.82, 2.24) is 4.98 Å². The number of alkyl halides is 3. The topological polar surface area (TPSA) is 60.9 Å². The third-order valence-corrected chi connectivity index (χ3v) is 5.97. The molecule has 0 fully saturated rings. The van der Waals surface area contributed by atoms with Gasteiger partial charge >= 0.3 is 12.3 Å². The second kappa shape index (κ2) is 14.6. The molecule has 0 unspecified atom stereocenters. The van der Waals surface area contributed by atoms with E-state index in [0.29, 0.717) is 24.8 Å². The molecule has 3 rings (SSSR count). The molecule has 0 bridgehead atoms. The van der Waals surface area contributed by atoms with Crippen LogP contribution in [0.2, 0.25) is 0 Å². The number of rotatable bonds is 14. The van der Waals surface area contributed by atoms with Crippen molar-refractivity contribution in [2.24, 2.45) is 11.8 Å². The van der Waals surface area contributed by atoms with Crippen molar-refractivity contribution in [2.45, 2.75) is 53.4 Å². The van der Waals surface area contributed by atoms with Gasteiger partial charge in [0.1, 0.15) is 30.5 Å². The minimum absolute atomic E-state index is 0.171. The molecule has 0 N–H and O–H groups in total. The fourth-order valence-corrected chi connectivity index (χ4v) is 3.97. The maximum atomic E-state index is 12.5. The van der Waals surface area contributed by atoms with E-state index in [1.807, 2.05) is 36.5 Å². The molecule has 9 heteroatoms. The van der Waals surface area contributed by atoms with Crippen LogP contribution < -0.4 is 14.4 Å². The van der Waals surface area contributed by atoms with Crippen LogP contribution in [-0.4, -0.2) is 37.1 Å². The lowest BCUT2D eigenvalue weighted by atomic mass is 10.0. The monoisotopic (exact) mass is 558 g/mol. The van der Waals surface area contributed by atoms with Gasteiger partial charge in [-0.15, -0.1) is 13.2 Å². The van der Waals surface area contributed by atoms with Crippen LogP contribution >= 0.6 is 0 Å². The number of esters is 1. The van der Waals surface area contributed by atoms with Crippen molar-refractivity contribution in [3.05, 3.63) is 83.6 Å². The highest BCUT2D eigenvalue weighted by molar-refractivity contribution is 5.71. The number of ether oxygens (including phenoxy) is 3. The Bertz CT molecular complexity index is 1180. The van der Waals surface area contributed by atoms with Gasteiger partial charge in [-0.05, 0) is 65.8 Å². The number of carbonyl (C=O) groups excluding carboxylic acids is 1. The summed E-state index contributed by atoms with van der Waals surface area (Å²) in [6, 6.07) is 17.7. The molecule has 0 aliphatic heterocycles. The minimum atomic E-state index is -4.73. The molecule has 2 aromatic carbocycles. The summed E-state index contributed by atoms with van der Waals surface area (Å²) in [7, 11) is 0. The number of nitrogens with zero attached hydrogens (tertiary/aromatic N) is 2. The highest BCUT2D eigenvalue weighted by Gasteiger charge is 2.31. The van der Waals surface area contributed by atoms with Gasteiger partial charge in [0.25, 0.3) is 0 Å². The van der Waals surface area contributed by atoms with Crippen molar-refractivity contribution in [3.8, 4) is 11.5 Å². The normalized spacial score (nSPS) is 11.5. The van der Waals surface area contributed by atoms with Gasteiger partial charge in [0.2, 0.25) is 0 Å². The van der Waals surface area contributed by atoms with E-state index in [0.717, 1.165) is 35.3 Å². The molecule has 3 aromatic rings. The first kappa shape index (κ1) is 30.8. The maximum Gasteiger partial charge on any atom is 0.573 e. The summed E-state index contributed by atoms with van der Waals surface area (Å²) in [5, 5.41) is 0. The minimum Gasteiger partial charge on any atom is -0.490 e. The molecule has 40 heavy (non-hydrogen) atoms. The Morgan fingerprint density at radius 3 is 2.05 bits per heavy atom. The van der Waals surface area contributed by atoms with E-state index in [1.54, 1.807) is 26.0 Å². The molecule has 0 spiro atoms. The van der Waals surface area contributed by atoms with Crippen LogP contribution in [0.5, 0.6) is 11.5 Å². The molecule has 0 atom stereocenters. The molecule has 216 valence electrons. The van der Waals surface area contributed by atoms with Crippen LogP contribution in [0.25, 0.3) is 0 Å². The number of carbonyl (C=O) groups is 1. The van der Waals surface area contributed by atoms with Gasteiger partial charge in [0.05, 0.1) is 5.92 Å². The lowest BCUT2D eigenvalue weighted by Gasteiger charge is -2.24. The standard InChI is InChI=1S/C31H37F3N2O4/c1-22(2)19-26-9-14-29(35-20-26)36(21-25-7-12-28(13-8-25)40-31(32,33)34)16-15-24-5-10-27(11-6-24)38-17-18-39-30(37)23(3)4/h5-14,20,22-23H,15-19,21H2,1-4H3. The van der Waals surface area contributed by atoms with Crippen molar-refractivity contribution in [2.75, 3.05) is 24.7 Å². The van der Waals surface area contributed by atoms with Crippen molar-refractivity contribution < 1.29 is 32.2 Å². The molecule has 6 nitrogen and oxygen atoms in total. The molecule has 0 amide bonds. The largest absolute Gasteiger partial charge is 0.573 e. The zero-order chi connectivity index (χ0) is 29.1. The molecule has 1 heterocycles. The van der Waals surface area contributed by atoms with E-state index in [1.165, 1.54) is 12.1 Å². The third kappa shape index (κ3) is 10.8. The fourth-order valence-electron chi connectivity index (χ4n) is 3.97. The van der Waals surface area contributed by atoms with Crippen LogP contribution in [0.15, 0.2) is 66.9 Å².